The van der Waals surface area contributed by atoms with Crippen LogP contribution < -0.4 is 10.1 Å². The van der Waals surface area contributed by atoms with Gasteiger partial charge in [-0.05, 0) is 25.0 Å². The van der Waals surface area contributed by atoms with Gasteiger partial charge in [-0.2, -0.15) is 0 Å². The van der Waals surface area contributed by atoms with Gasteiger partial charge >= 0.3 is 0 Å². The Balaban J connectivity index is 2.50. The molecule has 0 radical (unpaired) electrons. The fourth-order valence-corrected chi connectivity index (χ4v) is 1.57. The molecule has 0 heterocycles. The molecule has 17 heavy (non-hydrogen) atoms. The maximum absolute atomic E-state index is 11.0. The summed E-state index contributed by atoms with van der Waals surface area (Å²) in [4.78, 5) is 11.0. The largest absolute Gasteiger partial charge is 0.489 e. The molecule has 1 N–H and O–H groups in total. The van der Waals surface area contributed by atoms with E-state index in [1.54, 1.807) is 0 Å². The second kappa shape index (κ2) is 7.17. The van der Waals surface area contributed by atoms with Gasteiger partial charge in [0.25, 0.3) is 0 Å². The number of halogens is 1. The second-order valence-corrected chi connectivity index (χ2v) is 4.09. The SMILES string of the molecule is CCc1ccccc1OC(C)CNC(=O)CCl. The molecular weight excluding hydrogens is 238 g/mol. The van der Waals surface area contributed by atoms with Crippen molar-refractivity contribution in [1.82, 2.24) is 5.32 Å². The highest BCUT2D eigenvalue weighted by Gasteiger charge is 2.08. The third kappa shape index (κ3) is 4.65. The van der Waals surface area contributed by atoms with Crippen LogP contribution in [0.3, 0.4) is 0 Å². The lowest BCUT2D eigenvalue weighted by Gasteiger charge is -2.17. The lowest BCUT2D eigenvalue weighted by molar-refractivity contribution is -0.119. The standard InChI is InChI=1S/C13H18ClNO2/c1-3-11-6-4-5-7-12(11)17-10(2)9-15-13(16)8-14/h4-7,10H,3,8-9H2,1-2H3,(H,15,16). The van der Waals surface area contributed by atoms with E-state index >= 15 is 0 Å². The van der Waals surface area contributed by atoms with Crippen molar-refractivity contribution in [3.05, 3.63) is 29.8 Å². The monoisotopic (exact) mass is 255 g/mol. The molecule has 1 unspecified atom stereocenters. The lowest BCUT2D eigenvalue weighted by Crippen LogP contribution is -2.34. The van der Waals surface area contributed by atoms with Gasteiger partial charge in [-0.3, -0.25) is 4.79 Å². The molecule has 0 saturated carbocycles. The van der Waals surface area contributed by atoms with Crippen LogP contribution in [0.5, 0.6) is 5.75 Å². The number of alkyl halides is 1. The number of para-hydroxylation sites is 1. The molecule has 0 aromatic heterocycles. The number of hydrogen-bond donors (Lipinski definition) is 1. The van der Waals surface area contributed by atoms with E-state index in [2.05, 4.69) is 12.2 Å². The summed E-state index contributed by atoms with van der Waals surface area (Å²) >= 11 is 5.39. The summed E-state index contributed by atoms with van der Waals surface area (Å²) in [5.41, 5.74) is 1.17. The van der Waals surface area contributed by atoms with Gasteiger partial charge in [0.15, 0.2) is 0 Å². The highest BCUT2D eigenvalue weighted by atomic mass is 35.5. The van der Waals surface area contributed by atoms with Crippen LogP contribution in [0.15, 0.2) is 24.3 Å². The molecular formula is C13H18ClNO2. The number of ether oxygens (including phenoxy) is 1. The van der Waals surface area contributed by atoms with E-state index in [1.165, 1.54) is 5.56 Å². The minimum absolute atomic E-state index is 0.0156. The topological polar surface area (TPSA) is 38.3 Å². The van der Waals surface area contributed by atoms with Gasteiger partial charge in [0, 0.05) is 0 Å². The average molecular weight is 256 g/mol. The predicted octanol–water partition coefficient (Wildman–Crippen LogP) is 2.37. The van der Waals surface area contributed by atoms with Gasteiger partial charge in [0.2, 0.25) is 5.91 Å². The maximum atomic E-state index is 11.0. The molecule has 1 amide bonds. The van der Waals surface area contributed by atoms with Gasteiger partial charge < -0.3 is 10.1 Å². The van der Waals surface area contributed by atoms with E-state index in [9.17, 15) is 4.79 Å². The number of amides is 1. The van der Waals surface area contributed by atoms with Gasteiger partial charge in [-0.1, -0.05) is 25.1 Å². The number of hydrogen-bond acceptors (Lipinski definition) is 2. The maximum Gasteiger partial charge on any atom is 0.235 e. The predicted molar refractivity (Wildman–Crippen MR) is 69.6 cm³/mol. The summed E-state index contributed by atoms with van der Waals surface area (Å²) in [6.07, 6.45) is 0.853. The molecule has 1 atom stereocenters. The molecule has 4 heteroatoms. The quantitative estimate of drug-likeness (QED) is 0.793. The summed E-state index contributed by atoms with van der Waals surface area (Å²) in [7, 11) is 0. The highest BCUT2D eigenvalue weighted by molar-refractivity contribution is 6.27. The third-order valence-electron chi connectivity index (χ3n) is 2.39. The Bertz CT molecular complexity index is 368. The summed E-state index contributed by atoms with van der Waals surface area (Å²) in [6.45, 7) is 4.46. The number of nitrogens with one attached hydrogen (secondary N) is 1. The van der Waals surface area contributed by atoms with Crippen LogP contribution in [0.4, 0.5) is 0 Å². The summed E-state index contributed by atoms with van der Waals surface area (Å²) in [6, 6.07) is 7.92. The molecule has 0 bridgehead atoms. The first kappa shape index (κ1) is 13.8. The first-order valence-electron chi connectivity index (χ1n) is 5.74. The molecule has 1 rings (SSSR count). The first-order chi connectivity index (χ1) is 8.17. The number of rotatable bonds is 6. The fraction of sp³-hybridized carbons (Fsp3) is 0.462. The van der Waals surface area contributed by atoms with Gasteiger partial charge in [0.1, 0.15) is 17.7 Å². The Morgan fingerprint density at radius 2 is 2.18 bits per heavy atom. The average Bonchev–Trinajstić information content (AvgIpc) is 2.36. The van der Waals surface area contributed by atoms with Crippen molar-refractivity contribution in [3.8, 4) is 5.75 Å². The Labute approximate surface area is 107 Å². The molecule has 3 nitrogen and oxygen atoms in total. The van der Waals surface area contributed by atoms with Crippen molar-refractivity contribution >= 4 is 17.5 Å². The zero-order valence-corrected chi connectivity index (χ0v) is 11.0. The number of carbonyl (C=O) groups is 1. The van der Waals surface area contributed by atoms with Crippen molar-refractivity contribution in [2.24, 2.45) is 0 Å². The highest BCUT2D eigenvalue weighted by Crippen LogP contribution is 2.19. The van der Waals surface area contributed by atoms with E-state index < -0.39 is 0 Å². The van der Waals surface area contributed by atoms with Crippen molar-refractivity contribution in [1.29, 1.82) is 0 Å². The van der Waals surface area contributed by atoms with Crippen LogP contribution in [-0.2, 0) is 11.2 Å². The fourth-order valence-electron chi connectivity index (χ4n) is 1.47. The number of aryl methyl sites for hydroxylation is 1. The van der Waals surface area contributed by atoms with E-state index in [1.807, 2.05) is 31.2 Å². The van der Waals surface area contributed by atoms with Crippen LogP contribution in [0.2, 0.25) is 0 Å². The minimum atomic E-state index is -0.175. The van der Waals surface area contributed by atoms with Gasteiger partial charge in [0.05, 0.1) is 6.54 Å². The van der Waals surface area contributed by atoms with E-state index in [-0.39, 0.29) is 17.9 Å². The normalized spacial score (nSPS) is 11.9. The van der Waals surface area contributed by atoms with Crippen molar-refractivity contribution in [3.63, 3.8) is 0 Å². The Hall–Kier alpha value is -1.22. The van der Waals surface area contributed by atoms with E-state index in [4.69, 9.17) is 16.3 Å². The molecule has 1 aromatic carbocycles. The molecule has 0 spiro atoms. The Morgan fingerprint density at radius 3 is 2.82 bits per heavy atom. The molecule has 0 aliphatic heterocycles. The van der Waals surface area contributed by atoms with Crippen molar-refractivity contribution in [2.75, 3.05) is 12.4 Å². The molecule has 1 aromatic rings. The van der Waals surface area contributed by atoms with Crippen LogP contribution in [0.25, 0.3) is 0 Å². The van der Waals surface area contributed by atoms with Crippen molar-refractivity contribution in [2.45, 2.75) is 26.4 Å². The van der Waals surface area contributed by atoms with Crippen LogP contribution >= 0.6 is 11.6 Å². The van der Waals surface area contributed by atoms with Crippen LogP contribution in [-0.4, -0.2) is 24.4 Å². The zero-order valence-electron chi connectivity index (χ0n) is 10.2. The van der Waals surface area contributed by atoms with E-state index in [0.717, 1.165) is 12.2 Å². The molecule has 0 saturated heterocycles. The van der Waals surface area contributed by atoms with Crippen LogP contribution in [0.1, 0.15) is 19.4 Å². The van der Waals surface area contributed by atoms with Gasteiger partial charge in [-0.25, -0.2) is 0 Å². The zero-order chi connectivity index (χ0) is 12.7. The number of benzene rings is 1. The third-order valence-corrected chi connectivity index (χ3v) is 2.63. The molecule has 0 aliphatic carbocycles. The molecule has 0 aliphatic rings. The summed E-state index contributed by atoms with van der Waals surface area (Å²) in [5, 5.41) is 2.69. The minimum Gasteiger partial charge on any atom is -0.489 e. The lowest BCUT2D eigenvalue weighted by atomic mass is 10.1. The Kier molecular flexibility index (Phi) is 5.84. The van der Waals surface area contributed by atoms with Crippen LogP contribution in [0, 0.1) is 0 Å². The molecule has 0 fully saturated rings. The smallest absolute Gasteiger partial charge is 0.235 e. The first-order valence-corrected chi connectivity index (χ1v) is 6.28. The molecule has 94 valence electrons. The van der Waals surface area contributed by atoms with E-state index in [0.29, 0.717) is 6.54 Å². The summed E-state index contributed by atoms with van der Waals surface area (Å²) in [5.74, 6) is 0.687. The second-order valence-electron chi connectivity index (χ2n) is 3.83. The number of carbonyl (C=O) groups excluding carboxylic acids is 1. The van der Waals surface area contributed by atoms with Crippen molar-refractivity contribution < 1.29 is 9.53 Å². The van der Waals surface area contributed by atoms with Gasteiger partial charge in [-0.15, -0.1) is 11.6 Å². The summed E-state index contributed by atoms with van der Waals surface area (Å²) < 4.78 is 5.77. The Morgan fingerprint density at radius 1 is 1.47 bits per heavy atom.